The Morgan fingerprint density at radius 2 is 1.87 bits per heavy atom. The Hall–Kier alpha value is -1.97. The molecule has 4 nitrogen and oxygen atoms in total. The summed E-state index contributed by atoms with van der Waals surface area (Å²) in [5.41, 5.74) is 3.45. The van der Waals surface area contributed by atoms with Gasteiger partial charge in [0.05, 0.1) is 0 Å². The summed E-state index contributed by atoms with van der Waals surface area (Å²) in [5.74, 6) is 0.504. The third-order valence-electron chi connectivity index (χ3n) is 4.50. The number of carbonyl (C=O) groups is 1. The fourth-order valence-corrected chi connectivity index (χ4v) is 3.50. The van der Waals surface area contributed by atoms with Crippen LogP contribution in [0.2, 0.25) is 0 Å². The second-order valence-electron chi connectivity index (χ2n) is 7.45. The molecule has 1 aliphatic rings. The van der Waals surface area contributed by atoms with Gasteiger partial charge in [-0.25, -0.2) is 4.79 Å². The van der Waals surface area contributed by atoms with Crippen molar-refractivity contribution in [1.82, 2.24) is 9.88 Å². The maximum Gasteiger partial charge on any atom is 0.410 e. The van der Waals surface area contributed by atoms with Gasteiger partial charge in [-0.2, -0.15) is 0 Å². The molecule has 1 aromatic carbocycles. The molecule has 1 aromatic heterocycles. The quantitative estimate of drug-likeness (QED) is 0.836. The standard InChI is InChI=1S/C19H26N2O2/c1-13-17(15-7-5-6-8-16(15)20-13)14-9-11-21(12-10-14)18(22)23-19(2,3)4/h5-8,14,20H,9-12H2,1-4H3. The number of para-hydroxylation sites is 1. The number of H-pyrrole nitrogens is 1. The first-order chi connectivity index (χ1) is 10.8. The fourth-order valence-electron chi connectivity index (χ4n) is 3.50. The molecule has 1 fully saturated rings. The van der Waals surface area contributed by atoms with Crippen molar-refractivity contribution in [3.05, 3.63) is 35.5 Å². The third kappa shape index (κ3) is 3.36. The number of piperidine rings is 1. The SMILES string of the molecule is Cc1[nH]c2ccccc2c1C1CCN(C(=O)OC(C)(C)C)CC1. The number of aryl methyl sites for hydroxylation is 1. The van der Waals surface area contributed by atoms with Gasteiger partial charge in [-0.15, -0.1) is 0 Å². The average Bonchev–Trinajstić information content (AvgIpc) is 2.81. The highest BCUT2D eigenvalue weighted by molar-refractivity contribution is 5.85. The van der Waals surface area contributed by atoms with Gasteiger partial charge in [-0.05, 0) is 58.1 Å². The molecule has 1 saturated heterocycles. The molecule has 1 N–H and O–H groups in total. The van der Waals surface area contributed by atoms with E-state index in [0.717, 1.165) is 25.9 Å². The molecule has 23 heavy (non-hydrogen) atoms. The van der Waals surface area contributed by atoms with Crippen LogP contribution in [0.5, 0.6) is 0 Å². The minimum atomic E-state index is -0.429. The molecule has 0 radical (unpaired) electrons. The number of fused-ring (bicyclic) bond motifs is 1. The Bertz CT molecular complexity index is 704. The second-order valence-corrected chi connectivity index (χ2v) is 7.45. The van der Waals surface area contributed by atoms with Crippen LogP contribution in [0.1, 0.15) is 50.8 Å². The number of rotatable bonds is 1. The van der Waals surface area contributed by atoms with Crippen LogP contribution in [0.4, 0.5) is 4.79 Å². The number of aromatic nitrogens is 1. The Labute approximate surface area is 137 Å². The number of nitrogens with zero attached hydrogens (tertiary/aromatic N) is 1. The van der Waals surface area contributed by atoms with Crippen molar-refractivity contribution >= 4 is 17.0 Å². The molecular formula is C19H26N2O2. The number of nitrogens with one attached hydrogen (secondary N) is 1. The van der Waals surface area contributed by atoms with Crippen molar-refractivity contribution in [2.45, 2.75) is 52.1 Å². The summed E-state index contributed by atoms with van der Waals surface area (Å²) in [5, 5.41) is 1.32. The van der Waals surface area contributed by atoms with Gasteiger partial charge in [0.15, 0.2) is 0 Å². The Morgan fingerprint density at radius 3 is 2.52 bits per heavy atom. The summed E-state index contributed by atoms with van der Waals surface area (Å²) in [6, 6.07) is 8.47. The Balaban J connectivity index is 1.71. The van der Waals surface area contributed by atoms with Crippen LogP contribution >= 0.6 is 0 Å². The van der Waals surface area contributed by atoms with Gasteiger partial charge in [0.2, 0.25) is 0 Å². The molecule has 4 heteroatoms. The summed E-state index contributed by atoms with van der Waals surface area (Å²) < 4.78 is 5.48. The number of hydrogen-bond donors (Lipinski definition) is 1. The van der Waals surface area contributed by atoms with Gasteiger partial charge in [0.1, 0.15) is 5.60 Å². The van der Waals surface area contributed by atoms with Gasteiger partial charge in [0, 0.05) is 29.7 Å². The van der Waals surface area contributed by atoms with Gasteiger partial charge in [-0.3, -0.25) is 0 Å². The van der Waals surface area contributed by atoms with E-state index < -0.39 is 5.60 Å². The summed E-state index contributed by atoms with van der Waals surface area (Å²) >= 11 is 0. The molecule has 0 saturated carbocycles. The molecule has 1 aliphatic heterocycles. The number of ether oxygens (including phenoxy) is 1. The van der Waals surface area contributed by atoms with E-state index in [0.29, 0.717) is 5.92 Å². The predicted molar refractivity (Wildman–Crippen MR) is 92.8 cm³/mol. The number of benzene rings is 1. The number of likely N-dealkylation sites (tertiary alicyclic amines) is 1. The zero-order chi connectivity index (χ0) is 16.6. The summed E-state index contributed by atoms with van der Waals surface area (Å²) in [6.07, 6.45) is 1.79. The van der Waals surface area contributed by atoms with Crippen LogP contribution in [-0.4, -0.2) is 34.7 Å². The van der Waals surface area contributed by atoms with Crippen LogP contribution in [0.15, 0.2) is 24.3 Å². The van der Waals surface area contributed by atoms with Gasteiger partial charge in [0.25, 0.3) is 0 Å². The zero-order valence-electron chi connectivity index (χ0n) is 14.5. The zero-order valence-corrected chi connectivity index (χ0v) is 14.5. The highest BCUT2D eigenvalue weighted by Gasteiger charge is 2.29. The van der Waals surface area contributed by atoms with E-state index in [-0.39, 0.29) is 6.09 Å². The van der Waals surface area contributed by atoms with Crippen LogP contribution in [-0.2, 0) is 4.74 Å². The van der Waals surface area contributed by atoms with E-state index in [1.54, 1.807) is 0 Å². The Kier molecular flexibility index (Phi) is 4.09. The van der Waals surface area contributed by atoms with E-state index in [1.165, 1.54) is 22.2 Å². The van der Waals surface area contributed by atoms with Gasteiger partial charge in [-0.1, -0.05) is 18.2 Å². The monoisotopic (exact) mass is 314 g/mol. The van der Waals surface area contributed by atoms with Gasteiger partial charge < -0.3 is 14.6 Å². The number of hydrogen-bond acceptors (Lipinski definition) is 2. The topological polar surface area (TPSA) is 45.3 Å². The highest BCUT2D eigenvalue weighted by Crippen LogP contribution is 2.35. The largest absolute Gasteiger partial charge is 0.444 e. The van der Waals surface area contributed by atoms with E-state index in [4.69, 9.17) is 4.74 Å². The van der Waals surface area contributed by atoms with Crippen molar-refractivity contribution in [3.63, 3.8) is 0 Å². The van der Waals surface area contributed by atoms with E-state index in [2.05, 4.69) is 36.2 Å². The lowest BCUT2D eigenvalue weighted by Gasteiger charge is -2.33. The molecule has 0 spiro atoms. The molecule has 2 aromatic rings. The van der Waals surface area contributed by atoms with E-state index in [1.807, 2.05) is 25.7 Å². The van der Waals surface area contributed by atoms with Crippen molar-refractivity contribution in [1.29, 1.82) is 0 Å². The summed E-state index contributed by atoms with van der Waals surface area (Å²) in [4.78, 5) is 17.5. The van der Waals surface area contributed by atoms with Crippen molar-refractivity contribution in [2.24, 2.45) is 0 Å². The summed E-state index contributed by atoms with van der Waals surface area (Å²) in [6.45, 7) is 9.40. The van der Waals surface area contributed by atoms with E-state index in [9.17, 15) is 4.79 Å². The van der Waals surface area contributed by atoms with E-state index >= 15 is 0 Å². The van der Waals surface area contributed by atoms with Crippen molar-refractivity contribution < 1.29 is 9.53 Å². The van der Waals surface area contributed by atoms with Crippen LogP contribution in [0, 0.1) is 6.92 Å². The third-order valence-corrected chi connectivity index (χ3v) is 4.50. The number of carbonyl (C=O) groups excluding carboxylic acids is 1. The first-order valence-corrected chi connectivity index (χ1v) is 8.40. The molecule has 1 amide bonds. The minimum Gasteiger partial charge on any atom is -0.444 e. The smallest absolute Gasteiger partial charge is 0.410 e. The predicted octanol–water partition coefficient (Wildman–Crippen LogP) is 4.59. The number of amides is 1. The number of aromatic amines is 1. The molecule has 2 heterocycles. The first-order valence-electron chi connectivity index (χ1n) is 8.40. The maximum atomic E-state index is 12.2. The van der Waals surface area contributed by atoms with Crippen LogP contribution in [0.25, 0.3) is 10.9 Å². The molecule has 0 aliphatic carbocycles. The van der Waals surface area contributed by atoms with Crippen LogP contribution < -0.4 is 0 Å². The van der Waals surface area contributed by atoms with Crippen molar-refractivity contribution in [3.8, 4) is 0 Å². The first kappa shape index (κ1) is 15.9. The van der Waals surface area contributed by atoms with Crippen molar-refractivity contribution in [2.75, 3.05) is 13.1 Å². The molecule has 0 atom stereocenters. The normalized spacial score (nSPS) is 16.8. The maximum absolute atomic E-state index is 12.2. The molecule has 3 rings (SSSR count). The highest BCUT2D eigenvalue weighted by atomic mass is 16.6. The minimum absolute atomic E-state index is 0.188. The lowest BCUT2D eigenvalue weighted by atomic mass is 9.87. The van der Waals surface area contributed by atoms with Crippen LogP contribution in [0.3, 0.4) is 0 Å². The molecule has 0 bridgehead atoms. The Morgan fingerprint density at radius 1 is 1.22 bits per heavy atom. The lowest BCUT2D eigenvalue weighted by Crippen LogP contribution is -2.41. The molecular weight excluding hydrogens is 288 g/mol. The fraction of sp³-hybridized carbons (Fsp3) is 0.526. The molecule has 0 unspecified atom stereocenters. The van der Waals surface area contributed by atoms with Gasteiger partial charge >= 0.3 is 6.09 Å². The lowest BCUT2D eigenvalue weighted by molar-refractivity contribution is 0.0205. The second kappa shape index (κ2) is 5.91. The summed E-state index contributed by atoms with van der Waals surface area (Å²) in [7, 11) is 0. The average molecular weight is 314 g/mol. The molecule has 124 valence electrons.